The molecule has 0 fully saturated rings. The number of aromatic nitrogens is 6. The van der Waals surface area contributed by atoms with E-state index in [0.29, 0.717) is 0 Å². The van der Waals surface area contributed by atoms with Gasteiger partial charge in [-0.3, -0.25) is 29.9 Å². The van der Waals surface area contributed by atoms with Gasteiger partial charge in [-0.25, -0.2) is 0 Å². The SMILES string of the molecule is Cc1cc(-c2cccc3c2oc2ccccc23)c(C)cc1-c1ccc2c(c1)c1ccccc1c1nccnc21.c1cc(-c2cccc(-c3cccc4c3oc3ccccc34)c2)cc(-c2ccc3c(c2)c2ccccc2c2nccnc32)c1.c1ccc(-c2ccccc2-c2cccc3c2oc2ccccc23)c(-c2ccc3c(c2)c2ccccc2c2nccnc32)c1. The standard InChI is InChI=1S/2C40H24N2O.C36H24N2O/c1-2-14-33-31(12-1)36-24-28(18-19-34(36)39-38(33)41-20-21-42-39)26-9-5-8-25(22-26)27-10-6-11-29(23-27)30-15-7-16-35-32-13-3-4-17-37(32)43-40(30)35;1-2-11-27(28-12-3-4-13-29(28)34-17-9-18-35-31-15-7-8-19-37(31)43-40(34)35)26(10-1)25-20-21-33-36(24-25)30-14-5-6-16-32(30)38-39(33)42-23-22-41-38;1-21-19-31(29-12-7-11-28-25-9-5-6-13-33(25)39-36(28)29)22(2)18-30(21)23-14-15-27-32(20-23)24-8-3-4-10-26(24)34-35(27)38-17-16-37-34/h2*1-24H;3-20H,1-2H3. The number of nitrogens with zero attached hydrogens (tertiary/aromatic N) is 6. The molecule has 0 radical (unpaired) electrons. The molecule has 20 aromatic carbocycles. The molecule has 9 heteroatoms. The van der Waals surface area contributed by atoms with Crippen LogP contribution in [0, 0.1) is 13.8 Å². The predicted octanol–water partition coefficient (Wildman–Crippen LogP) is 31.5. The van der Waals surface area contributed by atoms with Gasteiger partial charge < -0.3 is 13.3 Å². The Labute approximate surface area is 717 Å². The van der Waals surface area contributed by atoms with Crippen molar-refractivity contribution in [2.75, 3.05) is 0 Å². The molecule has 9 nitrogen and oxygen atoms in total. The van der Waals surface area contributed by atoms with Crippen molar-refractivity contribution in [2.24, 2.45) is 0 Å². The largest absolute Gasteiger partial charge is 0.455 e. The van der Waals surface area contributed by atoms with Gasteiger partial charge in [-0.1, -0.05) is 315 Å². The lowest BCUT2D eigenvalue weighted by Crippen LogP contribution is -1.92. The Bertz CT molecular complexity index is 8840. The van der Waals surface area contributed by atoms with E-state index in [-0.39, 0.29) is 0 Å². The number of furan rings is 3. The first-order valence-corrected chi connectivity index (χ1v) is 42.2. The van der Waals surface area contributed by atoms with Crippen LogP contribution in [0.15, 0.2) is 414 Å². The van der Waals surface area contributed by atoms with Crippen molar-refractivity contribution < 1.29 is 13.3 Å². The summed E-state index contributed by atoms with van der Waals surface area (Å²) in [6, 6.07) is 129. The average molecular weight is 1600 g/mol. The first-order chi connectivity index (χ1) is 61.8. The van der Waals surface area contributed by atoms with Gasteiger partial charge >= 0.3 is 0 Å². The van der Waals surface area contributed by atoms with Crippen LogP contribution in [0.25, 0.3) is 253 Å². The van der Waals surface area contributed by atoms with E-state index in [4.69, 9.17) is 33.2 Å². The topological polar surface area (TPSA) is 117 Å². The molecule has 0 unspecified atom stereocenters. The van der Waals surface area contributed by atoms with Crippen molar-refractivity contribution in [3.63, 3.8) is 0 Å². The van der Waals surface area contributed by atoms with Crippen LogP contribution in [0.5, 0.6) is 0 Å². The summed E-state index contributed by atoms with van der Waals surface area (Å²) in [5.74, 6) is 0. The Morgan fingerprint density at radius 3 is 0.832 bits per heavy atom. The maximum absolute atomic E-state index is 6.46. The summed E-state index contributed by atoms with van der Waals surface area (Å²) in [6.07, 6.45) is 10.6. The fraction of sp³-hybridized carbons (Fsp3) is 0.0172. The predicted molar refractivity (Wildman–Crippen MR) is 518 cm³/mol. The highest BCUT2D eigenvalue weighted by Gasteiger charge is 2.23. The quantitative estimate of drug-likeness (QED) is 0.137. The van der Waals surface area contributed by atoms with Crippen molar-refractivity contribution in [1.82, 2.24) is 29.9 Å². The summed E-state index contributed by atoms with van der Waals surface area (Å²) in [5, 5.41) is 20.7. The van der Waals surface area contributed by atoms with Crippen molar-refractivity contribution >= 4 is 164 Å². The Balaban J connectivity index is 0.000000105. The highest BCUT2D eigenvalue weighted by molar-refractivity contribution is 6.27. The third kappa shape index (κ3) is 12.1. The monoisotopic (exact) mass is 1600 g/mol. The molecular formula is C116H72N6O3. The molecular weight excluding hydrogens is 1530 g/mol. The zero-order valence-corrected chi connectivity index (χ0v) is 68.0. The molecule has 0 saturated carbocycles. The second-order valence-corrected chi connectivity index (χ2v) is 32.3. The summed E-state index contributed by atoms with van der Waals surface area (Å²) in [6.45, 7) is 4.39. The van der Waals surface area contributed by atoms with Gasteiger partial charge in [0.1, 0.15) is 33.5 Å². The molecule has 0 spiro atoms. The lowest BCUT2D eigenvalue weighted by Gasteiger charge is -2.16. The Hall–Kier alpha value is -16.6. The minimum Gasteiger partial charge on any atom is -0.455 e. The first-order valence-electron chi connectivity index (χ1n) is 42.2. The fourth-order valence-electron chi connectivity index (χ4n) is 19.4. The molecule has 0 aliphatic rings. The molecule has 26 rings (SSSR count). The normalized spacial score (nSPS) is 11.8. The van der Waals surface area contributed by atoms with Gasteiger partial charge in [0.05, 0.1) is 33.1 Å². The number of rotatable bonds is 8. The number of hydrogen-bond acceptors (Lipinski definition) is 9. The Morgan fingerprint density at radius 2 is 0.400 bits per heavy atom. The van der Waals surface area contributed by atoms with E-state index in [1.165, 1.54) is 99.1 Å². The number of para-hydroxylation sites is 6. The van der Waals surface area contributed by atoms with E-state index in [2.05, 4.69) is 351 Å². The molecule has 0 atom stereocenters. The van der Waals surface area contributed by atoms with Gasteiger partial charge in [0.25, 0.3) is 0 Å². The van der Waals surface area contributed by atoms with Crippen LogP contribution in [-0.2, 0) is 0 Å². The number of benzene rings is 20. The lowest BCUT2D eigenvalue weighted by atomic mass is 9.88. The van der Waals surface area contributed by atoms with Crippen LogP contribution in [0.2, 0.25) is 0 Å². The number of aryl methyl sites for hydroxylation is 2. The van der Waals surface area contributed by atoms with Crippen molar-refractivity contribution in [3.8, 4) is 89.0 Å². The Kier molecular flexibility index (Phi) is 17.2. The molecule has 6 aromatic heterocycles. The summed E-state index contributed by atoms with van der Waals surface area (Å²) >= 11 is 0. The van der Waals surface area contributed by atoms with E-state index >= 15 is 0 Å². The van der Waals surface area contributed by atoms with Crippen LogP contribution in [0.3, 0.4) is 0 Å². The van der Waals surface area contributed by atoms with E-state index in [9.17, 15) is 0 Å². The van der Waals surface area contributed by atoms with Gasteiger partial charge in [0, 0.05) is 119 Å². The van der Waals surface area contributed by atoms with Crippen molar-refractivity contribution in [2.45, 2.75) is 13.8 Å². The minimum absolute atomic E-state index is 0.906. The van der Waals surface area contributed by atoms with Gasteiger partial charge in [0.2, 0.25) is 0 Å². The highest BCUT2D eigenvalue weighted by Crippen LogP contribution is 2.48. The number of fused-ring (bicyclic) bond motifs is 27. The number of hydrogen-bond donors (Lipinski definition) is 0. The fourth-order valence-corrected chi connectivity index (χ4v) is 19.4. The molecule has 6 heterocycles. The third-order valence-electron chi connectivity index (χ3n) is 25.2. The zero-order chi connectivity index (χ0) is 82.7. The first kappa shape index (κ1) is 72.4. The molecule has 0 amide bonds. The van der Waals surface area contributed by atoms with E-state index < -0.39 is 0 Å². The average Bonchev–Trinajstić information content (AvgIpc) is 1.15. The van der Waals surface area contributed by atoms with Crippen LogP contribution < -0.4 is 0 Å². The van der Waals surface area contributed by atoms with Crippen LogP contribution in [-0.4, -0.2) is 29.9 Å². The second kappa shape index (κ2) is 29.7. The molecule has 584 valence electrons. The lowest BCUT2D eigenvalue weighted by molar-refractivity contribution is 0.669. The van der Waals surface area contributed by atoms with Gasteiger partial charge in [-0.2, -0.15) is 0 Å². The maximum atomic E-state index is 6.46. The molecule has 26 aromatic rings. The zero-order valence-electron chi connectivity index (χ0n) is 68.0. The van der Waals surface area contributed by atoms with Crippen molar-refractivity contribution in [1.29, 1.82) is 0 Å². The van der Waals surface area contributed by atoms with Crippen molar-refractivity contribution in [3.05, 3.63) is 412 Å². The van der Waals surface area contributed by atoms with Gasteiger partial charge in [-0.05, 0) is 178 Å². The molecule has 0 saturated heterocycles. The molecule has 0 bridgehead atoms. The Morgan fingerprint density at radius 1 is 0.152 bits per heavy atom. The van der Waals surface area contributed by atoms with E-state index in [0.717, 1.165) is 165 Å². The highest BCUT2D eigenvalue weighted by atomic mass is 16.3. The second-order valence-electron chi connectivity index (χ2n) is 32.3. The summed E-state index contributed by atoms with van der Waals surface area (Å²) in [7, 11) is 0. The smallest absolute Gasteiger partial charge is 0.143 e. The van der Waals surface area contributed by atoms with E-state index in [1.807, 2.05) is 36.4 Å². The molecule has 0 aliphatic carbocycles. The molecule has 0 N–H and O–H groups in total. The summed E-state index contributed by atoms with van der Waals surface area (Å²) in [4.78, 5) is 28.2. The summed E-state index contributed by atoms with van der Waals surface area (Å²) in [5.41, 5.74) is 32.2. The van der Waals surface area contributed by atoms with E-state index in [1.54, 1.807) is 37.2 Å². The molecule has 0 aliphatic heterocycles. The van der Waals surface area contributed by atoms with Crippen LogP contribution >= 0.6 is 0 Å². The van der Waals surface area contributed by atoms with Gasteiger partial charge in [-0.15, -0.1) is 0 Å². The third-order valence-corrected chi connectivity index (χ3v) is 25.2. The van der Waals surface area contributed by atoms with Crippen LogP contribution in [0.1, 0.15) is 11.1 Å². The minimum atomic E-state index is 0.906. The summed E-state index contributed by atoms with van der Waals surface area (Å²) < 4.78 is 19.2. The maximum Gasteiger partial charge on any atom is 0.143 e. The van der Waals surface area contributed by atoms with Crippen LogP contribution in [0.4, 0.5) is 0 Å². The van der Waals surface area contributed by atoms with Gasteiger partial charge in [0.15, 0.2) is 0 Å². The molecule has 125 heavy (non-hydrogen) atoms.